The highest BCUT2D eigenvalue weighted by molar-refractivity contribution is 5.71. The molecule has 0 aliphatic carbocycles. The number of allylic oxidation sites excluding steroid dienone is 12. The largest absolute Gasteiger partial charge is 0.462 e. The third-order valence-corrected chi connectivity index (χ3v) is 14.7. The van der Waals surface area contributed by atoms with Crippen molar-refractivity contribution >= 4 is 17.9 Å². The minimum absolute atomic E-state index is 0.0774. The number of hydrogen-bond donors (Lipinski definition) is 0. The monoisotopic (exact) mass is 1070 g/mol. The Balaban J connectivity index is 4.31. The lowest BCUT2D eigenvalue weighted by atomic mass is 10.0. The van der Waals surface area contributed by atoms with Gasteiger partial charge in [-0.1, -0.05) is 306 Å². The van der Waals surface area contributed by atoms with Crippen LogP contribution in [0, 0.1) is 0 Å². The summed E-state index contributed by atoms with van der Waals surface area (Å²) in [6.45, 7) is 6.54. The second-order valence-corrected chi connectivity index (χ2v) is 22.4. The van der Waals surface area contributed by atoms with Crippen LogP contribution in [-0.2, 0) is 28.6 Å². The SMILES string of the molecule is CC/C=C\C/C=C\C/C=C\C/C=C\CCCCCCCCCCCCCCC(=O)OCC(COC(=O)CCCCCCC/C=C\C/C=C\CCCCC)OC(=O)CCCCCCCCCCCCCCCCCCCCC. The molecular formula is C71H126O6. The zero-order valence-electron chi connectivity index (χ0n) is 51.2. The first-order valence-corrected chi connectivity index (χ1v) is 33.4. The van der Waals surface area contributed by atoms with E-state index < -0.39 is 6.10 Å². The second kappa shape index (κ2) is 65.4. The van der Waals surface area contributed by atoms with E-state index in [1.54, 1.807) is 0 Å². The lowest BCUT2D eigenvalue weighted by molar-refractivity contribution is -0.167. The van der Waals surface area contributed by atoms with Crippen LogP contribution < -0.4 is 0 Å². The Morgan fingerprint density at radius 1 is 0.273 bits per heavy atom. The number of carbonyl (C=O) groups is 3. The summed E-state index contributed by atoms with van der Waals surface area (Å²) >= 11 is 0. The summed E-state index contributed by atoms with van der Waals surface area (Å²) in [5.74, 6) is -0.873. The van der Waals surface area contributed by atoms with Gasteiger partial charge in [0.1, 0.15) is 13.2 Å². The molecular weight excluding hydrogens is 949 g/mol. The molecule has 77 heavy (non-hydrogen) atoms. The van der Waals surface area contributed by atoms with Gasteiger partial charge >= 0.3 is 17.9 Å². The van der Waals surface area contributed by atoms with Gasteiger partial charge in [0.15, 0.2) is 6.10 Å². The van der Waals surface area contributed by atoms with Crippen LogP contribution in [0.15, 0.2) is 72.9 Å². The average molecular weight is 1080 g/mol. The maximum Gasteiger partial charge on any atom is 0.306 e. The van der Waals surface area contributed by atoms with Gasteiger partial charge in [-0.25, -0.2) is 0 Å². The molecule has 0 saturated carbocycles. The third-order valence-electron chi connectivity index (χ3n) is 14.7. The molecule has 0 aromatic carbocycles. The number of unbranched alkanes of at least 4 members (excludes halogenated alkanes) is 38. The lowest BCUT2D eigenvalue weighted by Crippen LogP contribution is -2.30. The molecule has 0 amide bonds. The van der Waals surface area contributed by atoms with E-state index in [1.165, 1.54) is 199 Å². The van der Waals surface area contributed by atoms with Gasteiger partial charge in [0, 0.05) is 19.3 Å². The highest BCUT2D eigenvalue weighted by Crippen LogP contribution is 2.17. The Kier molecular flexibility index (Phi) is 62.7. The van der Waals surface area contributed by atoms with Gasteiger partial charge in [-0.2, -0.15) is 0 Å². The molecule has 0 aliphatic rings. The fourth-order valence-electron chi connectivity index (χ4n) is 9.70. The quantitative estimate of drug-likeness (QED) is 0.0261. The highest BCUT2D eigenvalue weighted by atomic mass is 16.6. The van der Waals surface area contributed by atoms with Crippen molar-refractivity contribution in [1.29, 1.82) is 0 Å². The minimum Gasteiger partial charge on any atom is -0.462 e. The van der Waals surface area contributed by atoms with E-state index in [4.69, 9.17) is 14.2 Å². The molecule has 0 aromatic heterocycles. The van der Waals surface area contributed by atoms with Crippen LogP contribution in [0.2, 0.25) is 0 Å². The van der Waals surface area contributed by atoms with Crippen LogP contribution in [-0.4, -0.2) is 37.2 Å². The summed E-state index contributed by atoms with van der Waals surface area (Å²) in [6, 6.07) is 0. The standard InChI is InChI=1S/C71H126O6/c1-4-7-10-13-16-19-22-25-28-30-32-33-34-35-36-37-39-40-43-46-49-52-55-58-61-64-70(73)76-67-68(66-75-69(72)63-60-57-54-51-48-45-42-27-24-21-18-15-12-9-6-3)77-71(74)65-62-59-56-53-50-47-44-41-38-31-29-26-23-20-17-14-11-8-5-2/h7,10,16,18-19,21,25,27-28,32-33,42,68H,4-6,8-9,11-15,17,20,22-24,26,29-31,34-41,43-67H2,1-3H3/b10-7-,19-16-,21-18-,28-25-,33-32-,42-27-. The van der Waals surface area contributed by atoms with E-state index in [2.05, 4.69) is 93.7 Å². The van der Waals surface area contributed by atoms with Crippen LogP contribution in [0.3, 0.4) is 0 Å². The van der Waals surface area contributed by atoms with Crippen LogP contribution in [0.4, 0.5) is 0 Å². The van der Waals surface area contributed by atoms with Gasteiger partial charge in [-0.15, -0.1) is 0 Å². The van der Waals surface area contributed by atoms with E-state index in [0.717, 1.165) is 103 Å². The molecule has 0 spiro atoms. The summed E-state index contributed by atoms with van der Waals surface area (Å²) in [7, 11) is 0. The fourth-order valence-corrected chi connectivity index (χ4v) is 9.70. The molecule has 0 heterocycles. The van der Waals surface area contributed by atoms with Crippen molar-refractivity contribution in [1.82, 2.24) is 0 Å². The topological polar surface area (TPSA) is 78.9 Å². The molecule has 0 radical (unpaired) electrons. The van der Waals surface area contributed by atoms with Crippen molar-refractivity contribution in [2.45, 2.75) is 348 Å². The van der Waals surface area contributed by atoms with Crippen molar-refractivity contribution in [3.8, 4) is 0 Å². The predicted molar refractivity (Wildman–Crippen MR) is 335 cm³/mol. The normalized spacial score (nSPS) is 12.5. The molecule has 0 aliphatic heterocycles. The molecule has 0 rings (SSSR count). The van der Waals surface area contributed by atoms with Crippen molar-refractivity contribution in [3.05, 3.63) is 72.9 Å². The number of carbonyl (C=O) groups excluding carboxylic acids is 3. The van der Waals surface area contributed by atoms with Crippen molar-refractivity contribution in [3.63, 3.8) is 0 Å². The summed E-state index contributed by atoms with van der Waals surface area (Å²) in [4.78, 5) is 38.4. The van der Waals surface area contributed by atoms with E-state index in [0.29, 0.717) is 19.3 Å². The molecule has 1 unspecified atom stereocenters. The summed E-state index contributed by atoms with van der Waals surface area (Å²) in [5, 5.41) is 0. The lowest BCUT2D eigenvalue weighted by Gasteiger charge is -2.18. The molecule has 0 N–H and O–H groups in total. The van der Waals surface area contributed by atoms with E-state index >= 15 is 0 Å². The van der Waals surface area contributed by atoms with Gasteiger partial charge in [-0.05, 0) is 89.9 Å². The number of esters is 3. The summed E-state index contributed by atoms with van der Waals surface area (Å²) in [6.07, 6.45) is 84.8. The first-order chi connectivity index (χ1) is 38.0. The maximum atomic E-state index is 12.9. The van der Waals surface area contributed by atoms with Crippen LogP contribution >= 0.6 is 0 Å². The van der Waals surface area contributed by atoms with Crippen LogP contribution in [0.25, 0.3) is 0 Å². The first-order valence-electron chi connectivity index (χ1n) is 33.4. The Morgan fingerprint density at radius 2 is 0.506 bits per heavy atom. The van der Waals surface area contributed by atoms with Gasteiger partial charge in [0.25, 0.3) is 0 Å². The Labute approximate surface area is 478 Å². The first kappa shape index (κ1) is 73.8. The molecule has 6 heteroatoms. The van der Waals surface area contributed by atoms with Crippen molar-refractivity contribution in [2.75, 3.05) is 13.2 Å². The van der Waals surface area contributed by atoms with E-state index in [-0.39, 0.29) is 31.1 Å². The number of rotatable bonds is 61. The maximum absolute atomic E-state index is 12.9. The Morgan fingerprint density at radius 3 is 0.818 bits per heavy atom. The molecule has 6 nitrogen and oxygen atoms in total. The molecule has 0 saturated heterocycles. The molecule has 0 fully saturated rings. The number of ether oxygens (including phenoxy) is 3. The highest BCUT2D eigenvalue weighted by Gasteiger charge is 2.19. The zero-order chi connectivity index (χ0) is 55.7. The Hall–Kier alpha value is -3.15. The average Bonchev–Trinajstić information content (AvgIpc) is 3.43. The van der Waals surface area contributed by atoms with Crippen LogP contribution in [0.1, 0.15) is 342 Å². The van der Waals surface area contributed by atoms with E-state index in [9.17, 15) is 14.4 Å². The van der Waals surface area contributed by atoms with Crippen LogP contribution in [0.5, 0.6) is 0 Å². The second-order valence-electron chi connectivity index (χ2n) is 22.4. The molecule has 0 aromatic rings. The van der Waals surface area contributed by atoms with Gasteiger partial charge in [0.05, 0.1) is 0 Å². The zero-order valence-corrected chi connectivity index (χ0v) is 51.2. The Bertz CT molecular complexity index is 1420. The molecule has 446 valence electrons. The van der Waals surface area contributed by atoms with Gasteiger partial charge in [0.2, 0.25) is 0 Å². The van der Waals surface area contributed by atoms with Crippen molar-refractivity contribution in [2.24, 2.45) is 0 Å². The summed E-state index contributed by atoms with van der Waals surface area (Å²) < 4.78 is 17.0. The van der Waals surface area contributed by atoms with Crippen molar-refractivity contribution < 1.29 is 28.6 Å². The molecule has 0 bridgehead atoms. The minimum atomic E-state index is -0.781. The molecule has 1 atom stereocenters. The summed E-state index contributed by atoms with van der Waals surface area (Å²) in [5.41, 5.74) is 0. The van der Waals surface area contributed by atoms with Gasteiger partial charge in [-0.3, -0.25) is 14.4 Å². The van der Waals surface area contributed by atoms with Gasteiger partial charge < -0.3 is 14.2 Å². The fraction of sp³-hybridized carbons (Fsp3) is 0.789. The smallest absolute Gasteiger partial charge is 0.306 e. The van der Waals surface area contributed by atoms with E-state index in [1.807, 2.05) is 0 Å². The third kappa shape index (κ3) is 63.6. The number of hydrogen-bond acceptors (Lipinski definition) is 6. The predicted octanol–water partition coefficient (Wildman–Crippen LogP) is 22.9.